The largest absolute Gasteiger partial charge is 0.396 e. The second-order valence-corrected chi connectivity index (χ2v) is 5.03. The minimum Gasteiger partial charge on any atom is -0.396 e. The number of nitrogen functional groups attached to an aromatic ring is 1. The number of nitrogens with zero attached hydrogens (tertiary/aromatic N) is 2. The minimum atomic E-state index is 0.281. The summed E-state index contributed by atoms with van der Waals surface area (Å²) in [6.45, 7) is 4.20. The highest BCUT2D eigenvalue weighted by Gasteiger charge is 2.30. The summed E-state index contributed by atoms with van der Waals surface area (Å²) in [7, 11) is 0. The summed E-state index contributed by atoms with van der Waals surface area (Å²) in [6.07, 6.45) is 3.64. The average molecular weight is 242 g/mol. The molecule has 1 aliphatic rings. The Balaban J connectivity index is 1.99. The number of hydrogen-bond acceptors (Lipinski definition) is 3. The zero-order valence-corrected chi connectivity index (χ0v) is 10.5. The molecule has 3 N–H and O–H groups in total. The summed E-state index contributed by atoms with van der Waals surface area (Å²) in [5.74, 6) is 0.589. The van der Waals surface area contributed by atoms with Crippen molar-refractivity contribution in [1.82, 2.24) is 15.1 Å². The molecule has 1 fully saturated rings. The maximum Gasteiger partial charge on any atom is 0.0821 e. The first-order valence-corrected chi connectivity index (χ1v) is 6.31. The van der Waals surface area contributed by atoms with Crippen LogP contribution in [0.5, 0.6) is 0 Å². The average Bonchev–Trinajstić information content (AvgIpc) is 2.69. The summed E-state index contributed by atoms with van der Waals surface area (Å²) < 4.78 is 2.00. The lowest BCUT2D eigenvalue weighted by molar-refractivity contribution is 0.252. The van der Waals surface area contributed by atoms with Gasteiger partial charge in [-0.3, -0.25) is 4.68 Å². The van der Waals surface area contributed by atoms with E-state index in [2.05, 4.69) is 41.6 Å². The fourth-order valence-electron chi connectivity index (χ4n) is 2.53. The minimum absolute atomic E-state index is 0.281. The number of nitrogens with two attached hydrogens (primary N) is 1. The van der Waals surface area contributed by atoms with Gasteiger partial charge in [-0.2, -0.15) is 5.10 Å². The lowest BCUT2D eigenvalue weighted by atomic mass is 9.88. The van der Waals surface area contributed by atoms with Gasteiger partial charge >= 0.3 is 0 Å². The van der Waals surface area contributed by atoms with Crippen LogP contribution in [0.4, 0.5) is 5.69 Å². The SMILES string of the molecule is Cc1cccc(C(C2CNC2)n2cc(N)cn2)c1. The summed E-state index contributed by atoms with van der Waals surface area (Å²) in [4.78, 5) is 0. The first-order chi connectivity index (χ1) is 8.74. The molecule has 2 aromatic rings. The van der Waals surface area contributed by atoms with E-state index in [1.54, 1.807) is 6.20 Å². The van der Waals surface area contributed by atoms with Crippen molar-refractivity contribution in [3.63, 3.8) is 0 Å². The zero-order valence-electron chi connectivity index (χ0n) is 10.5. The molecule has 1 saturated heterocycles. The van der Waals surface area contributed by atoms with Gasteiger partial charge in [-0.15, -0.1) is 0 Å². The molecule has 1 aromatic carbocycles. The predicted octanol–water partition coefficient (Wildman–Crippen LogP) is 1.58. The van der Waals surface area contributed by atoms with Crippen LogP contribution in [0.1, 0.15) is 17.2 Å². The molecule has 0 spiro atoms. The maximum atomic E-state index is 5.79. The first-order valence-electron chi connectivity index (χ1n) is 6.31. The van der Waals surface area contributed by atoms with Crippen LogP contribution >= 0.6 is 0 Å². The van der Waals surface area contributed by atoms with Crippen molar-refractivity contribution in [2.75, 3.05) is 18.8 Å². The van der Waals surface area contributed by atoms with Crippen molar-refractivity contribution in [1.29, 1.82) is 0 Å². The van der Waals surface area contributed by atoms with Crippen LogP contribution in [-0.2, 0) is 0 Å². The Morgan fingerprint density at radius 2 is 2.28 bits per heavy atom. The van der Waals surface area contributed by atoms with Gasteiger partial charge < -0.3 is 11.1 Å². The Morgan fingerprint density at radius 3 is 2.83 bits per heavy atom. The normalized spacial score (nSPS) is 17.4. The van der Waals surface area contributed by atoms with Gasteiger partial charge in [0.2, 0.25) is 0 Å². The Hall–Kier alpha value is -1.81. The van der Waals surface area contributed by atoms with Crippen molar-refractivity contribution in [3.8, 4) is 0 Å². The Labute approximate surface area is 107 Å². The number of nitrogens with one attached hydrogen (secondary N) is 1. The molecule has 0 aliphatic carbocycles. The third kappa shape index (κ3) is 1.99. The molecule has 2 heterocycles. The first kappa shape index (κ1) is 11.3. The predicted molar refractivity (Wildman–Crippen MR) is 72.3 cm³/mol. The van der Waals surface area contributed by atoms with Crippen molar-refractivity contribution in [3.05, 3.63) is 47.8 Å². The van der Waals surface area contributed by atoms with Gasteiger partial charge in [0.1, 0.15) is 0 Å². The number of aryl methyl sites for hydroxylation is 1. The molecule has 1 atom stereocenters. The van der Waals surface area contributed by atoms with E-state index in [0.717, 1.165) is 18.8 Å². The van der Waals surface area contributed by atoms with E-state index in [0.29, 0.717) is 5.92 Å². The quantitative estimate of drug-likeness (QED) is 0.859. The molecule has 0 radical (unpaired) electrons. The molecular weight excluding hydrogens is 224 g/mol. The highest BCUT2D eigenvalue weighted by atomic mass is 15.3. The van der Waals surface area contributed by atoms with Crippen molar-refractivity contribution < 1.29 is 0 Å². The molecule has 1 unspecified atom stereocenters. The topological polar surface area (TPSA) is 55.9 Å². The van der Waals surface area contributed by atoms with Gasteiger partial charge in [0.15, 0.2) is 0 Å². The van der Waals surface area contributed by atoms with E-state index >= 15 is 0 Å². The molecule has 0 bridgehead atoms. The van der Waals surface area contributed by atoms with Gasteiger partial charge in [-0.25, -0.2) is 0 Å². The third-order valence-electron chi connectivity index (χ3n) is 3.55. The highest BCUT2D eigenvalue weighted by molar-refractivity contribution is 5.33. The Kier molecular flexibility index (Phi) is 2.80. The standard InChI is InChI=1S/C14H18N4/c1-10-3-2-4-11(5-10)14(12-6-16-7-12)18-9-13(15)8-17-18/h2-5,8-9,12,14,16H,6-7,15H2,1H3. The molecule has 1 aromatic heterocycles. The highest BCUT2D eigenvalue weighted by Crippen LogP contribution is 2.29. The van der Waals surface area contributed by atoms with Gasteiger partial charge in [0, 0.05) is 25.2 Å². The van der Waals surface area contributed by atoms with Crippen LogP contribution in [0.15, 0.2) is 36.7 Å². The number of hydrogen-bond donors (Lipinski definition) is 2. The fourth-order valence-corrected chi connectivity index (χ4v) is 2.53. The van der Waals surface area contributed by atoms with Crippen LogP contribution in [-0.4, -0.2) is 22.9 Å². The lowest BCUT2D eigenvalue weighted by Crippen LogP contribution is -2.47. The second-order valence-electron chi connectivity index (χ2n) is 5.03. The number of rotatable bonds is 3. The molecule has 4 nitrogen and oxygen atoms in total. The van der Waals surface area contributed by atoms with Crippen LogP contribution in [0.3, 0.4) is 0 Å². The number of benzene rings is 1. The van der Waals surface area contributed by atoms with Crippen LogP contribution in [0, 0.1) is 12.8 Å². The third-order valence-corrected chi connectivity index (χ3v) is 3.55. The molecule has 1 aliphatic heterocycles. The van der Waals surface area contributed by atoms with E-state index in [-0.39, 0.29) is 6.04 Å². The van der Waals surface area contributed by atoms with E-state index in [1.165, 1.54) is 11.1 Å². The zero-order chi connectivity index (χ0) is 12.5. The van der Waals surface area contributed by atoms with E-state index < -0.39 is 0 Å². The van der Waals surface area contributed by atoms with Crippen molar-refractivity contribution in [2.24, 2.45) is 5.92 Å². The van der Waals surface area contributed by atoms with Crippen molar-refractivity contribution >= 4 is 5.69 Å². The molecule has 0 saturated carbocycles. The Morgan fingerprint density at radius 1 is 1.44 bits per heavy atom. The smallest absolute Gasteiger partial charge is 0.0821 e. The van der Waals surface area contributed by atoms with Gasteiger partial charge in [-0.1, -0.05) is 29.8 Å². The summed E-state index contributed by atoms with van der Waals surface area (Å²) >= 11 is 0. The van der Waals surface area contributed by atoms with Gasteiger partial charge in [-0.05, 0) is 12.5 Å². The molecule has 0 amide bonds. The summed E-state index contributed by atoms with van der Waals surface area (Å²) in [5.41, 5.74) is 9.10. The van der Waals surface area contributed by atoms with E-state index in [9.17, 15) is 0 Å². The van der Waals surface area contributed by atoms with Crippen molar-refractivity contribution in [2.45, 2.75) is 13.0 Å². The second kappa shape index (κ2) is 4.46. The molecular formula is C14H18N4. The van der Waals surface area contributed by atoms with E-state index in [4.69, 9.17) is 5.73 Å². The monoisotopic (exact) mass is 242 g/mol. The van der Waals surface area contributed by atoms with Gasteiger partial charge in [0.05, 0.1) is 17.9 Å². The number of aromatic nitrogens is 2. The van der Waals surface area contributed by atoms with Crippen LogP contribution in [0.2, 0.25) is 0 Å². The van der Waals surface area contributed by atoms with Gasteiger partial charge in [0.25, 0.3) is 0 Å². The summed E-state index contributed by atoms with van der Waals surface area (Å²) in [5, 5.41) is 7.72. The molecule has 94 valence electrons. The molecule has 18 heavy (non-hydrogen) atoms. The molecule has 4 heteroatoms. The summed E-state index contributed by atoms with van der Waals surface area (Å²) in [6, 6.07) is 8.92. The van der Waals surface area contributed by atoms with Crippen LogP contribution in [0.25, 0.3) is 0 Å². The lowest BCUT2D eigenvalue weighted by Gasteiger charge is -2.35. The number of anilines is 1. The van der Waals surface area contributed by atoms with E-state index in [1.807, 2.05) is 10.9 Å². The maximum absolute atomic E-state index is 5.79. The molecule has 3 rings (SSSR count). The fraction of sp³-hybridized carbons (Fsp3) is 0.357. The Bertz CT molecular complexity index is 542. The van der Waals surface area contributed by atoms with Crippen LogP contribution < -0.4 is 11.1 Å².